The predicted octanol–water partition coefficient (Wildman–Crippen LogP) is 3.81. The predicted molar refractivity (Wildman–Crippen MR) is 64.0 cm³/mol. The summed E-state index contributed by atoms with van der Waals surface area (Å²) in [5.74, 6) is 1.90. The molecule has 2 aromatic heterocycles. The van der Waals surface area contributed by atoms with Gasteiger partial charge in [-0.05, 0) is 43.3 Å². The molecule has 3 aromatic rings. The molecule has 0 atom stereocenters. The Bertz CT molecular complexity index is 688. The van der Waals surface area contributed by atoms with Crippen LogP contribution in [0.2, 0.25) is 0 Å². The molecule has 0 spiro atoms. The first-order valence-electron chi connectivity index (χ1n) is 5.32. The zero-order chi connectivity index (χ0) is 11.8. The van der Waals surface area contributed by atoms with Crippen LogP contribution in [0.25, 0.3) is 22.3 Å². The lowest BCUT2D eigenvalue weighted by molar-refractivity contribution is 0.110. The van der Waals surface area contributed by atoms with Gasteiger partial charge in [-0.1, -0.05) is 0 Å². The summed E-state index contributed by atoms with van der Waals surface area (Å²) in [6.45, 7) is 1.91. The minimum atomic E-state index is 0.337. The van der Waals surface area contributed by atoms with Gasteiger partial charge in [-0.15, -0.1) is 0 Å². The van der Waals surface area contributed by atoms with Crippen LogP contribution in [0.4, 0.5) is 0 Å². The van der Waals surface area contributed by atoms with Gasteiger partial charge in [0.25, 0.3) is 0 Å². The third-order valence-electron chi connectivity index (χ3n) is 2.67. The van der Waals surface area contributed by atoms with Crippen molar-refractivity contribution < 1.29 is 13.6 Å². The summed E-state index contributed by atoms with van der Waals surface area (Å²) < 4.78 is 10.9. The molecule has 0 amide bonds. The summed E-state index contributed by atoms with van der Waals surface area (Å²) in [6, 6.07) is 11.2. The fraction of sp³-hybridized carbons (Fsp3) is 0.0714. The Morgan fingerprint density at radius 3 is 2.71 bits per heavy atom. The lowest BCUT2D eigenvalue weighted by Gasteiger charge is -1.96. The molecule has 0 unspecified atom stereocenters. The number of carbonyl (C=O) groups is 1. The summed E-state index contributed by atoms with van der Waals surface area (Å²) in [5.41, 5.74) is 1.79. The second-order valence-electron chi connectivity index (χ2n) is 3.93. The van der Waals surface area contributed by atoms with E-state index < -0.39 is 0 Å². The number of aryl methyl sites for hydroxylation is 1. The minimum absolute atomic E-state index is 0.337. The molecular formula is C14H10O3. The third kappa shape index (κ3) is 1.65. The molecule has 0 aliphatic rings. The van der Waals surface area contributed by atoms with Crippen molar-refractivity contribution in [3.63, 3.8) is 0 Å². The number of aldehydes is 1. The van der Waals surface area contributed by atoms with Crippen molar-refractivity contribution in [2.45, 2.75) is 6.92 Å². The van der Waals surface area contributed by atoms with E-state index in [-0.39, 0.29) is 0 Å². The molecule has 3 nitrogen and oxygen atoms in total. The van der Waals surface area contributed by atoms with Gasteiger partial charge in [-0.3, -0.25) is 4.79 Å². The lowest BCUT2D eigenvalue weighted by Crippen LogP contribution is -1.73. The third-order valence-corrected chi connectivity index (χ3v) is 2.67. The lowest BCUT2D eigenvalue weighted by atomic mass is 10.1. The first kappa shape index (κ1) is 9.90. The van der Waals surface area contributed by atoms with Crippen LogP contribution in [-0.4, -0.2) is 6.29 Å². The molecule has 0 bridgehead atoms. The van der Waals surface area contributed by atoms with Gasteiger partial charge in [0.2, 0.25) is 0 Å². The number of furan rings is 2. The molecular weight excluding hydrogens is 216 g/mol. The van der Waals surface area contributed by atoms with Gasteiger partial charge in [0.1, 0.15) is 17.1 Å². The topological polar surface area (TPSA) is 43.4 Å². The van der Waals surface area contributed by atoms with Crippen molar-refractivity contribution >= 4 is 17.3 Å². The Hall–Kier alpha value is -2.29. The normalized spacial score (nSPS) is 10.9. The number of hydrogen-bond donors (Lipinski definition) is 0. The molecule has 17 heavy (non-hydrogen) atoms. The average molecular weight is 226 g/mol. The average Bonchev–Trinajstić information content (AvgIpc) is 2.92. The maximum absolute atomic E-state index is 10.6. The maximum Gasteiger partial charge on any atom is 0.185 e. The largest absolute Gasteiger partial charge is 0.461 e. The van der Waals surface area contributed by atoms with Gasteiger partial charge in [0.15, 0.2) is 12.0 Å². The van der Waals surface area contributed by atoms with Gasteiger partial charge in [0.05, 0.1) is 0 Å². The van der Waals surface area contributed by atoms with Crippen LogP contribution in [0, 0.1) is 6.92 Å². The fourth-order valence-electron chi connectivity index (χ4n) is 1.90. The van der Waals surface area contributed by atoms with Crippen LogP contribution < -0.4 is 0 Å². The maximum atomic E-state index is 10.6. The number of rotatable bonds is 2. The van der Waals surface area contributed by atoms with Crippen LogP contribution >= 0.6 is 0 Å². The fourth-order valence-corrected chi connectivity index (χ4v) is 1.90. The zero-order valence-electron chi connectivity index (χ0n) is 9.27. The highest BCUT2D eigenvalue weighted by Crippen LogP contribution is 2.27. The molecule has 0 fully saturated rings. The standard InChI is InChI=1S/C14H10O3/c1-9-6-11-7-10(2-4-14(11)16-9)13-5-3-12(8-15)17-13/h2-8H,1H3. The van der Waals surface area contributed by atoms with E-state index in [1.807, 2.05) is 31.2 Å². The molecule has 84 valence electrons. The molecule has 0 aliphatic carbocycles. The highest BCUT2D eigenvalue weighted by atomic mass is 16.3. The Morgan fingerprint density at radius 2 is 1.94 bits per heavy atom. The van der Waals surface area contributed by atoms with Crippen molar-refractivity contribution in [2.75, 3.05) is 0 Å². The minimum Gasteiger partial charge on any atom is -0.461 e. The Morgan fingerprint density at radius 1 is 1.06 bits per heavy atom. The van der Waals surface area contributed by atoms with E-state index in [2.05, 4.69) is 0 Å². The second kappa shape index (κ2) is 3.63. The second-order valence-corrected chi connectivity index (χ2v) is 3.93. The molecule has 1 aromatic carbocycles. The Kier molecular flexibility index (Phi) is 2.11. The van der Waals surface area contributed by atoms with E-state index in [1.165, 1.54) is 0 Å². The molecule has 0 radical (unpaired) electrons. The molecule has 2 heterocycles. The van der Waals surface area contributed by atoms with E-state index >= 15 is 0 Å². The van der Waals surface area contributed by atoms with Crippen molar-refractivity contribution in [3.8, 4) is 11.3 Å². The van der Waals surface area contributed by atoms with Crippen LogP contribution in [0.5, 0.6) is 0 Å². The highest BCUT2D eigenvalue weighted by molar-refractivity contribution is 5.83. The zero-order valence-corrected chi connectivity index (χ0v) is 9.27. The summed E-state index contributed by atoms with van der Waals surface area (Å²) in [5, 5.41) is 1.03. The van der Waals surface area contributed by atoms with E-state index in [4.69, 9.17) is 8.83 Å². The Labute approximate surface area is 97.7 Å². The molecule has 0 saturated carbocycles. The van der Waals surface area contributed by atoms with E-state index in [9.17, 15) is 4.79 Å². The monoisotopic (exact) mass is 226 g/mol. The van der Waals surface area contributed by atoms with Crippen LogP contribution in [0.3, 0.4) is 0 Å². The number of carbonyl (C=O) groups excluding carboxylic acids is 1. The summed E-state index contributed by atoms with van der Waals surface area (Å²) in [7, 11) is 0. The number of hydrogen-bond acceptors (Lipinski definition) is 3. The van der Waals surface area contributed by atoms with Gasteiger partial charge in [0, 0.05) is 10.9 Å². The van der Waals surface area contributed by atoms with Gasteiger partial charge >= 0.3 is 0 Å². The van der Waals surface area contributed by atoms with Crippen molar-refractivity contribution in [3.05, 3.63) is 47.9 Å². The highest BCUT2D eigenvalue weighted by Gasteiger charge is 2.07. The van der Waals surface area contributed by atoms with Gasteiger partial charge < -0.3 is 8.83 Å². The van der Waals surface area contributed by atoms with Crippen molar-refractivity contribution in [1.82, 2.24) is 0 Å². The van der Waals surface area contributed by atoms with Crippen LogP contribution in [0.15, 0.2) is 45.2 Å². The van der Waals surface area contributed by atoms with Crippen molar-refractivity contribution in [2.24, 2.45) is 0 Å². The van der Waals surface area contributed by atoms with E-state index in [0.29, 0.717) is 17.8 Å². The quantitative estimate of drug-likeness (QED) is 0.624. The molecule has 3 rings (SSSR count). The van der Waals surface area contributed by atoms with E-state index in [1.54, 1.807) is 12.1 Å². The molecule has 3 heteroatoms. The Balaban J connectivity index is 2.13. The molecule has 0 N–H and O–H groups in total. The van der Waals surface area contributed by atoms with E-state index in [0.717, 1.165) is 22.3 Å². The van der Waals surface area contributed by atoms with Crippen LogP contribution in [-0.2, 0) is 0 Å². The van der Waals surface area contributed by atoms with Gasteiger partial charge in [-0.2, -0.15) is 0 Å². The smallest absolute Gasteiger partial charge is 0.185 e. The number of benzene rings is 1. The summed E-state index contributed by atoms with van der Waals surface area (Å²) >= 11 is 0. The SMILES string of the molecule is Cc1cc2cc(-c3ccc(C=O)o3)ccc2o1. The summed E-state index contributed by atoms with van der Waals surface area (Å²) in [4.78, 5) is 10.6. The van der Waals surface area contributed by atoms with Gasteiger partial charge in [-0.25, -0.2) is 0 Å². The number of fused-ring (bicyclic) bond motifs is 1. The molecule has 0 saturated heterocycles. The van der Waals surface area contributed by atoms with Crippen molar-refractivity contribution in [1.29, 1.82) is 0 Å². The molecule has 0 aliphatic heterocycles. The first-order chi connectivity index (χ1) is 8.26. The van der Waals surface area contributed by atoms with Crippen LogP contribution in [0.1, 0.15) is 16.3 Å². The first-order valence-corrected chi connectivity index (χ1v) is 5.32. The summed E-state index contributed by atoms with van der Waals surface area (Å²) in [6.07, 6.45) is 0.698.